The second kappa shape index (κ2) is 7.29. The Morgan fingerprint density at radius 2 is 1.74 bits per heavy atom. The number of carboxylic acid groups (broad SMARTS) is 1. The van der Waals surface area contributed by atoms with Crippen molar-refractivity contribution in [2.75, 3.05) is 6.54 Å². The first-order valence-electron chi connectivity index (χ1n) is 6.94. The fraction of sp³-hybridized carbons (Fsp3) is 0.562. The van der Waals surface area contributed by atoms with E-state index in [4.69, 9.17) is 5.11 Å². The van der Waals surface area contributed by atoms with E-state index in [0.717, 1.165) is 6.42 Å². The number of nitrogens with zero attached hydrogens (tertiary/aromatic N) is 1. The van der Waals surface area contributed by atoms with Gasteiger partial charge in [-0.3, -0.25) is 9.69 Å². The van der Waals surface area contributed by atoms with Crippen molar-refractivity contribution in [3.05, 3.63) is 35.9 Å². The summed E-state index contributed by atoms with van der Waals surface area (Å²) in [7, 11) is 0. The Morgan fingerprint density at radius 1 is 1.16 bits per heavy atom. The fourth-order valence-electron chi connectivity index (χ4n) is 2.39. The quantitative estimate of drug-likeness (QED) is 0.817. The summed E-state index contributed by atoms with van der Waals surface area (Å²) in [6, 6.07) is 10.6. The van der Waals surface area contributed by atoms with Gasteiger partial charge in [0.2, 0.25) is 0 Å². The Labute approximate surface area is 116 Å². The van der Waals surface area contributed by atoms with Crippen LogP contribution in [0.2, 0.25) is 0 Å². The molecule has 3 heteroatoms. The molecular weight excluding hydrogens is 238 g/mol. The number of rotatable bonds is 7. The lowest BCUT2D eigenvalue weighted by molar-refractivity contribution is -0.139. The van der Waals surface area contributed by atoms with Crippen molar-refractivity contribution < 1.29 is 9.90 Å². The lowest BCUT2D eigenvalue weighted by Crippen LogP contribution is -2.39. The van der Waals surface area contributed by atoms with Crippen molar-refractivity contribution >= 4 is 5.97 Å². The van der Waals surface area contributed by atoms with E-state index in [1.54, 1.807) is 0 Å². The highest BCUT2D eigenvalue weighted by Gasteiger charge is 2.25. The molecule has 0 bridgehead atoms. The van der Waals surface area contributed by atoms with Crippen molar-refractivity contribution in [3.63, 3.8) is 0 Å². The van der Waals surface area contributed by atoms with Crippen LogP contribution in [0, 0.1) is 5.92 Å². The van der Waals surface area contributed by atoms with Crippen LogP contribution >= 0.6 is 0 Å². The van der Waals surface area contributed by atoms with Crippen LogP contribution in [-0.2, 0) is 4.79 Å². The lowest BCUT2D eigenvalue weighted by Gasteiger charge is -2.35. The van der Waals surface area contributed by atoms with E-state index in [-0.39, 0.29) is 18.6 Å². The van der Waals surface area contributed by atoms with Gasteiger partial charge in [-0.05, 0) is 31.7 Å². The monoisotopic (exact) mass is 263 g/mol. The van der Waals surface area contributed by atoms with Crippen molar-refractivity contribution in [3.8, 4) is 0 Å². The maximum absolute atomic E-state index is 11.1. The molecule has 3 nitrogen and oxygen atoms in total. The first-order chi connectivity index (χ1) is 8.91. The zero-order valence-electron chi connectivity index (χ0n) is 12.3. The van der Waals surface area contributed by atoms with Gasteiger partial charge >= 0.3 is 5.97 Å². The predicted octanol–water partition coefficient (Wildman–Crippen LogP) is 3.57. The zero-order chi connectivity index (χ0) is 14.4. The first kappa shape index (κ1) is 15.7. The summed E-state index contributed by atoms with van der Waals surface area (Å²) in [5.74, 6) is -0.237. The summed E-state index contributed by atoms with van der Waals surface area (Å²) in [6.45, 7) is 8.55. The molecule has 1 rings (SSSR count). The Balaban J connectivity index is 3.02. The van der Waals surface area contributed by atoms with E-state index in [9.17, 15) is 4.79 Å². The summed E-state index contributed by atoms with van der Waals surface area (Å²) >= 11 is 0. The van der Waals surface area contributed by atoms with Crippen LogP contribution in [0.4, 0.5) is 0 Å². The molecule has 0 aromatic heterocycles. The van der Waals surface area contributed by atoms with Crippen LogP contribution in [0.3, 0.4) is 0 Å². The Bertz CT molecular complexity index is 387. The predicted molar refractivity (Wildman–Crippen MR) is 78.1 cm³/mol. The third kappa shape index (κ3) is 5.03. The molecule has 0 aliphatic rings. The van der Waals surface area contributed by atoms with Gasteiger partial charge in [0.15, 0.2) is 0 Å². The number of hydrogen-bond acceptors (Lipinski definition) is 2. The molecule has 1 unspecified atom stereocenters. The van der Waals surface area contributed by atoms with E-state index in [1.165, 1.54) is 5.56 Å². The zero-order valence-corrected chi connectivity index (χ0v) is 12.3. The Kier molecular flexibility index (Phi) is 6.03. The summed E-state index contributed by atoms with van der Waals surface area (Å²) in [4.78, 5) is 13.2. The Morgan fingerprint density at radius 3 is 2.16 bits per heavy atom. The van der Waals surface area contributed by atoms with Crippen LogP contribution < -0.4 is 0 Å². The SMILES string of the molecule is CC(C)CC(c1ccccc1)N(CC(=O)O)C(C)C. The smallest absolute Gasteiger partial charge is 0.317 e. The highest BCUT2D eigenvalue weighted by atomic mass is 16.4. The van der Waals surface area contributed by atoms with Crippen LogP contribution in [0.15, 0.2) is 30.3 Å². The molecule has 0 amide bonds. The van der Waals surface area contributed by atoms with Gasteiger partial charge in [0, 0.05) is 12.1 Å². The van der Waals surface area contributed by atoms with Crippen molar-refractivity contribution in [2.45, 2.75) is 46.2 Å². The molecular formula is C16H25NO2. The highest BCUT2D eigenvalue weighted by Crippen LogP contribution is 2.29. The molecule has 0 saturated carbocycles. The van der Waals surface area contributed by atoms with Gasteiger partial charge in [0.25, 0.3) is 0 Å². The highest BCUT2D eigenvalue weighted by molar-refractivity contribution is 5.69. The minimum atomic E-state index is -0.765. The maximum Gasteiger partial charge on any atom is 0.317 e. The van der Waals surface area contributed by atoms with Gasteiger partial charge in [0.05, 0.1) is 6.54 Å². The van der Waals surface area contributed by atoms with Crippen molar-refractivity contribution in [1.82, 2.24) is 4.90 Å². The topological polar surface area (TPSA) is 40.5 Å². The summed E-state index contributed by atoms with van der Waals surface area (Å²) in [5.41, 5.74) is 1.20. The van der Waals surface area contributed by atoms with Gasteiger partial charge in [-0.25, -0.2) is 0 Å². The van der Waals surface area contributed by atoms with Crippen LogP contribution in [-0.4, -0.2) is 28.6 Å². The molecule has 19 heavy (non-hydrogen) atoms. The largest absolute Gasteiger partial charge is 0.480 e. The van der Waals surface area contributed by atoms with E-state index in [2.05, 4.69) is 44.7 Å². The first-order valence-corrected chi connectivity index (χ1v) is 6.94. The van der Waals surface area contributed by atoms with Gasteiger partial charge in [-0.1, -0.05) is 44.2 Å². The van der Waals surface area contributed by atoms with Gasteiger partial charge < -0.3 is 5.11 Å². The summed E-state index contributed by atoms with van der Waals surface area (Å²) in [6.07, 6.45) is 0.968. The second-order valence-corrected chi connectivity index (χ2v) is 5.72. The molecule has 0 saturated heterocycles. The lowest BCUT2D eigenvalue weighted by atomic mass is 9.94. The summed E-state index contributed by atoms with van der Waals surface area (Å²) < 4.78 is 0. The summed E-state index contributed by atoms with van der Waals surface area (Å²) in [5, 5.41) is 9.12. The third-order valence-corrected chi connectivity index (χ3v) is 3.26. The average Bonchev–Trinajstić information content (AvgIpc) is 2.33. The molecule has 0 radical (unpaired) electrons. The van der Waals surface area contributed by atoms with Gasteiger partial charge in [-0.15, -0.1) is 0 Å². The van der Waals surface area contributed by atoms with Crippen LogP contribution in [0.5, 0.6) is 0 Å². The van der Waals surface area contributed by atoms with Crippen LogP contribution in [0.25, 0.3) is 0 Å². The van der Waals surface area contributed by atoms with Gasteiger partial charge in [0.1, 0.15) is 0 Å². The van der Waals surface area contributed by atoms with E-state index >= 15 is 0 Å². The molecule has 1 N–H and O–H groups in total. The number of carbonyl (C=O) groups is 1. The van der Waals surface area contributed by atoms with Crippen molar-refractivity contribution in [2.24, 2.45) is 5.92 Å². The minimum Gasteiger partial charge on any atom is -0.480 e. The van der Waals surface area contributed by atoms with Crippen molar-refractivity contribution in [1.29, 1.82) is 0 Å². The maximum atomic E-state index is 11.1. The molecule has 0 spiro atoms. The Hall–Kier alpha value is -1.35. The normalized spacial score (nSPS) is 13.2. The van der Waals surface area contributed by atoms with E-state index < -0.39 is 5.97 Å². The fourth-order valence-corrected chi connectivity index (χ4v) is 2.39. The number of aliphatic carboxylic acids is 1. The molecule has 1 aromatic carbocycles. The third-order valence-electron chi connectivity index (χ3n) is 3.26. The average molecular weight is 263 g/mol. The number of benzene rings is 1. The number of hydrogen-bond donors (Lipinski definition) is 1. The molecule has 0 heterocycles. The standard InChI is InChI=1S/C16H25NO2/c1-12(2)10-15(14-8-6-5-7-9-14)17(13(3)4)11-16(18)19/h5-9,12-13,15H,10-11H2,1-4H3,(H,18,19). The van der Waals surface area contributed by atoms with Crippen LogP contribution in [0.1, 0.15) is 45.7 Å². The molecule has 0 aliphatic carbocycles. The van der Waals surface area contributed by atoms with E-state index in [0.29, 0.717) is 5.92 Å². The minimum absolute atomic E-state index is 0.0872. The second-order valence-electron chi connectivity index (χ2n) is 5.72. The molecule has 0 aliphatic heterocycles. The molecule has 1 atom stereocenters. The van der Waals surface area contributed by atoms with E-state index in [1.807, 2.05) is 18.2 Å². The molecule has 1 aromatic rings. The van der Waals surface area contributed by atoms with Gasteiger partial charge in [-0.2, -0.15) is 0 Å². The molecule has 106 valence electrons. The molecule has 0 fully saturated rings. The number of carboxylic acids is 1.